The van der Waals surface area contributed by atoms with Crippen molar-refractivity contribution in [3.8, 4) is 5.75 Å². The van der Waals surface area contributed by atoms with Crippen molar-refractivity contribution in [3.63, 3.8) is 0 Å². The van der Waals surface area contributed by atoms with Crippen LogP contribution < -0.4 is 10.5 Å². The van der Waals surface area contributed by atoms with E-state index in [-0.39, 0.29) is 6.04 Å². The lowest BCUT2D eigenvalue weighted by Crippen LogP contribution is -2.13. The zero-order valence-corrected chi connectivity index (χ0v) is 12.5. The molecule has 0 aromatic heterocycles. The second kappa shape index (κ2) is 6.31. The molecule has 1 aliphatic carbocycles. The Morgan fingerprint density at radius 1 is 1.10 bits per heavy atom. The van der Waals surface area contributed by atoms with Gasteiger partial charge in [-0.3, -0.25) is 0 Å². The van der Waals surface area contributed by atoms with E-state index in [9.17, 15) is 0 Å². The van der Waals surface area contributed by atoms with Crippen LogP contribution in [0.1, 0.15) is 42.9 Å². The summed E-state index contributed by atoms with van der Waals surface area (Å²) in [5, 5.41) is 0. The van der Waals surface area contributed by atoms with Crippen molar-refractivity contribution >= 4 is 0 Å². The molecule has 110 valence electrons. The monoisotopic (exact) mass is 281 g/mol. The van der Waals surface area contributed by atoms with Gasteiger partial charge in [-0.05, 0) is 47.9 Å². The summed E-state index contributed by atoms with van der Waals surface area (Å²) < 4.78 is 5.62. The summed E-state index contributed by atoms with van der Waals surface area (Å²) in [5.74, 6) is 2.12. The first kappa shape index (κ1) is 14.2. The van der Waals surface area contributed by atoms with Gasteiger partial charge in [0, 0.05) is 6.04 Å². The SMILES string of the molecule is CCCOc1ccc(C(N)C2CC2c2ccccc2)cc1. The smallest absolute Gasteiger partial charge is 0.119 e. The normalized spacial score (nSPS) is 21.8. The second-order valence-corrected chi connectivity index (χ2v) is 5.86. The summed E-state index contributed by atoms with van der Waals surface area (Å²) in [6.45, 7) is 2.88. The van der Waals surface area contributed by atoms with Crippen LogP contribution in [-0.2, 0) is 0 Å². The Balaban J connectivity index is 1.63. The van der Waals surface area contributed by atoms with E-state index in [1.165, 1.54) is 17.5 Å². The highest BCUT2D eigenvalue weighted by molar-refractivity contribution is 5.33. The molecule has 2 nitrogen and oxygen atoms in total. The Kier molecular flexibility index (Phi) is 4.26. The number of benzene rings is 2. The van der Waals surface area contributed by atoms with Crippen LogP contribution in [0.2, 0.25) is 0 Å². The molecule has 3 unspecified atom stereocenters. The van der Waals surface area contributed by atoms with Crippen molar-refractivity contribution in [1.82, 2.24) is 0 Å². The quantitative estimate of drug-likeness (QED) is 0.857. The topological polar surface area (TPSA) is 35.2 Å². The van der Waals surface area contributed by atoms with Crippen molar-refractivity contribution in [1.29, 1.82) is 0 Å². The molecular weight excluding hydrogens is 258 g/mol. The van der Waals surface area contributed by atoms with Gasteiger partial charge in [0.15, 0.2) is 0 Å². The first-order chi connectivity index (χ1) is 10.3. The minimum atomic E-state index is 0.121. The van der Waals surface area contributed by atoms with Gasteiger partial charge < -0.3 is 10.5 Å². The van der Waals surface area contributed by atoms with Crippen molar-refractivity contribution in [2.75, 3.05) is 6.61 Å². The molecule has 3 atom stereocenters. The third-order valence-electron chi connectivity index (χ3n) is 4.27. The minimum absolute atomic E-state index is 0.121. The van der Waals surface area contributed by atoms with Crippen LogP contribution >= 0.6 is 0 Å². The first-order valence-electron chi connectivity index (χ1n) is 7.83. The molecule has 2 aromatic rings. The molecule has 0 amide bonds. The Bertz CT molecular complexity index is 564. The molecule has 1 aliphatic rings. The summed E-state index contributed by atoms with van der Waals surface area (Å²) in [4.78, 5) is 0. The number of hydrogen-bond donors (Lipinski definition) is 1. The van der Waals surface area contributed by atoms with Crippen LogP contribution in [0.3, 0.4) is 0 Å². The maximum atomic E-state index is 6.44. The average molecular weight is 281 g/mol. The van der Waals surface area contributed by atoms with Crippen LogP contribution in [0.4, 0.5) is 0 Å². The molecule has 0 saturated heterocycles. The van der Waals surface area contributed by atoms with E-state index in [0.29, 0.717) is 11.8 Å². The van der Waals surface area contributed by atoms with Gasteiger partial charge in [-0.25, -0.2) is 0 Å². The summed E-state index contributed by atoms with van der Waals surface area (Å²) in [6, 6.07) is 19.1. The van der Waals surface area contributed by atoms with Crippen molar-refractivity contribution in [3.05, 3.63) is 65.7 Å². The van der Waals surface area contributed by atoms with Gasteiger partial charge in [0.2, 0.25) is 0 Å². The number of hydrogen-bond acceptors (Lipinski definition) is 2. The zero-order valence-electron chi connectivity index (χ0n) is 12.5. The maximum Gasteiger partial charge on any atom is 0.119 e. The third-order valence-corrected chi connectivity index (χ3v) is 4.27. The predicted octanol–water partition coefficient (Wildman–Crippen LogP) is 4.28. The van der Waals surface area contributed by atoms with Gasteiger partial charge in [0.25, 0.3) is 0 Å². The molecule has 1 saturated carbocycles. The number of rotatable bonds is 6. The van der Waals surface area contributed by atoms with Gasteiger partial charge >= 0.3 is 0 Å². The van der Waals surface area contributed by atoms with E-state index in [1.54, 1.807) is 0 Å². The average Bonchev–Trinajstić information content (AvgIpc) is 3.34. The summed E-state index contributed by atoms with van der Waals surface area (Å²) in [6.07, 6.45) is 2.22. The first-order valence-corrected chi connectivity index (χ1v) is 7.83. The molecule has 2 heteroatoms. The second-order valence-electron chi connectivity index (χ2n) is 5.86. The predicted molar refractivity (Wildman–Crippen MR) is 86.4 cm³/mol. The highest BCUT2D eigenvalue weighted by Crippen LogP contribution is 2.53. The molecule has 0 aliphatic heterocycles. The van der Waals surface area contributed by atoms with Crippen LogP contribution in [0.25, 0.3) is 0 Å². The highest BCUT2D eigenvalue weighted by atomic mass is 16.5. The summed E-state index contributed by atoms with van der Waals surface area (Å²) >= 11 is 0. The summed E-state index contributed by atoms with van der Waals surface area (Å²) in [7, 11) is 0. The van der Waals surface area contributed by atoms with Gasteiger partial charge in [-0.2, -0.15) is 0 Å². The van der Waals surface area contributed by atoms with E-state index in [4.69, 9.17) is 10.5 Å². The lowest BCUT2D eigenvalue weighted by Gasteiger charge is -2.13. The molecule has 0 heterocycles. The van der Waals surface area contributed by atoms with Gasteiger partial charge in [0.1, 0.15) is 5.75 Å². The molecule has 1 fully saturated rings. The van der Waals surface area contributed by atoms with Gasteiger partial charge in [-0.15, -0.1) is 0 Å². The van der Waals surface area contributed by atoms with Crippen molar-refractivity contribution in [2.24, 2.45) is 11.7 Å². The number of nitrogens with two attached hydrogens (primary N) is 1. The number of ether oxygens (including phenoxy) is 1. The Labute approximate surface area is 126 Å². The largest absolute Gasteiger partial charge is 0.494 e. The highest BCUT2D eigenvalue weighted by Gasteiger charge is 2.42. The lowest BCUT2D eigenvalue weighted by atomic mass is 9.99. The van der Waals surface area contributed by atoms with Gasteiger partial charge in [-0.1, -0.05) is 49.4 Å². The minimum Gasteiger partial charge on any atom is -0.494 e. The van der Waals surface area contributed by atoms with E-state index in [1.807, 2.05) is 12.1 Å². The molecule has 0 spiro atoms. The fourth-order valence-corrected chi connectivity index (χ4v) is 2.95. The molecular formula is C19H23NO. The molecule has 3 rings (SSSR count). The summed E-state index contributed by atoms with van der Waals surface area (Å²) in [5.41, 5.74) is 9.07. The molecule has 21 heavy (non-hydrogen) atoms. The van der Waals surface area contributed by atoms with E-state index in [2.05, 4.69) is 49.4 Å². The van der Waals surface area contributed by atoms with Crippen LogP contribution in [0.15, 0.2) is 54.6 Å². The standard InChI is InChI=1S/C19H23NO/c1-2-12-21-16-10-8-15(9-11-16)19(20)18-13-17(18)14-6-4-3-5-7-14/h3-11,17-19H,2,12-13,20H2,1H3. The fraction of sp³-hybridized carbons (Fsp3) is 0.368. The fourth-order valence-electron chi connectivity index (χ4n) is 2.95. The van der Waals surface area contributed by atoms with Gasteiger partial charge in [0.05, 0.1) is 6.61 Å². The molecule has 2 aromatic carbocycles. The molecule has 0 radical (unpaired) electrons. The van der Waals surface area contributed by atoms with Crippen molar-refractivity contribution in [2.45, 2.75) is 31.7 Å². The maximum absolute atomic E-state index is 6.44. The lowest BCUT2D eigenvalue weighted by molar-refractivity contribution is 0.317. The van der Waals surface area contributed by atoms with E-state index >= 15 is 0 Å². The van der Waals surface area contributed by atoms with E-state index in [0.717, 1.165) is 18.8 Å². The Morgan fingerprint density at radius 3 is 2.48 bits per heavy atom. The third kappa shape index (κ3) is 3.27. The zero-order chi connectivity index (χ0) is 14.7. The van der Waals surface area contributed by atoms with E-state index < -0.39 is 0 Å². The van der Waals surface area contributed by atoms with Crippen LogP contribution in [0.5, 0.6) is 5.75 Å². The Hall–Kier alpha value is -1.80. The van der Waals surface area contributed by atoms with Crippen LogP contribution in [0, 0.1) is 5.92 Å². The van der Waals surface area contributed by atoms with Crippen LogP contribution in [-0.4, -0.2) is 6.61 Å². The molecule has 2 N–H and O–H groups in total. The van der Waals surface area contributed by atoms with Crippen molar-refractivity contribution < 1.29 is 4.74 Å². The Morgan fingerprint density at radius 2 is 1.81 bits per heavy atom. The molecule has 0 bridgehead atoms.